The minimum absolute atomic E-state index is 0.253. The maximum atomic E-state index is 13.4. The number of benzene rings is 1. The van der Waals surface area contributed by atoms with E-state index in [2.05, 4.69) is 25.8 Å². The van der Waals surface area contributed by atoms with Crippen LogP contribution in [0, 0.1) is 11.6 Å². The van der Waals surface area contributed by atoms with Crippen molar-refractivity contribution in [1.82, 2.24) is 15.2 Å². The molecule has 2 N–H and O–H groups in total. The van der Waals surface area contributed by atoms with Crippen LogP contribution in [0.1, 0.15) is 12.7 Å². The lowest BCUT2D eigenvalue weighted by molar-refractivity contribution is -0.115. The average Bonchev–Trinajstić information content (AvgIpc) is 3.50. The van der Waals surface area contributed by atoms with Crippen molar-refractivity contribution in [2.75, 3.05) is 10.6 Å². The summed E-state index contributed by atoms with van der Waals surface area (Å²) in [5.74, 6) is -1.34. The van der Waals surface area contributed by atoms with E-state index in [0.29, 0.717) is 32.4 Å². The lowest BCUT2D eigenvalue weighted by atomic mass is 10.2. The lowest BCUT2D eigenvalue weighted by Gasteiger charge is -2.07. The molecule has 3 aromatic heterocycles. The van der Waals surface area contributed by atoms with Crippen LogP contribution in [0.25, 0.3) is 11.3 Å². The molecule has 0 spiro atoms. The lowest BCUT2D eigenvalue weighted by Crippen LogP contribution is -2.22. The first kappa shape index (κ1) is 21.4. The van der Waals surface area contributed by atoms with Gasteiger partial charge in [-0.1, -0.05) is 23.1 Å². The van der Waals surface area contributed by atoms with Gasteiger partial charge in [0.25, 0.3) is 0 Å². The third-order valence-corrected chi connectivity index (χ3v) is 6.82. The number of hydrogen-bond donors (Lipinski definition) is 2. The Bertz CT molecular complexity index is 1180. The van der Waals surface area contributed by atoms with Crippen LogP contribution in [-0.4, -0.2) is 26.3 Å². The van der Waals surface area contributed by atoms with E-state index in [-0.39, 0.29) is 5.91 Å². The number of thiazole rings is 1. The van der Waals surface area contributed by atoms with Crippen LogP contribution in [0.3, 0.4) is 0 Å². The second-order valence-electron chi connectivity index (χ2n) is 6.22. The van der Waals surface area contributed by atoms with Gasteiger partial charge in [-0.25, -0.2) is 13.8 Å². The third-order valence-electron chi connectivity index (χ3n) is 4.00. The SMILES string of the molecule is C[C@H](Sc1nnc(NCc2ccco2)s1)C(=O)Nc1nc(-c2ccc(F)c(F)c2)cs1. The van der Waals surface area contributed by atoms with Crippen molar-refractivity contribution in [3.63, 3.8) is 0 Å². The fourth-order valence-electron chi connectivity index (χ4n) is 2.44. The Balaban J connectivity index is 1.32. The maximum Gasteiger partial charge on any atom is 0.239 e. The van der Waals surface area contributed by atoms with Gasteiger partial charge in [0.15, 0.2) is 21.1 Å². The third kappa shape index (κ3) is 5.46. The molecule has 0 aliphatic rings. The molecule has 0 saturated heterocycles. The molecule has 0 bridgehead atoms. The molecule has 0 saturated carbocycles. The smallest absolute Gasteiger partial charge is 0.239 e. The number of carbonyl (C=O) groups excluding carboxylic acids is 1. The Kier molecular flexibility index (Phi) is 6.59. The minimum Gasteiger partial charge on any atom is -0.467 e. The predicted octanol–water partition coefficient (Wildman–Crippen LogP) is 5.26. The fourth-order valence-corrected chi connectivity index (χ4v) is 5.05. The molecule has 0 radical (unpaired) electrons. The Morgan fingerprint density at radius 1 is 1.23 bits per heavy atom. The number of nitrogens with zero attached hydrogens (tertiary/aromatic N) is 3. The van der Waals surface area contributed by atoms with Gasteiger partial charge in [0.1, 0.15) is 5.76 Å². The van der Waals surface area contributed by atoms with Crippen molar-refractivity contribution in [1.29, 1.82) is 0 Å². The number of aromatic nitrogens is 3. The molecule has 1 aromatic carbocycles. The van der Waals surface area contributed by atoms with Crippen molar-refractivity contribution in [2.45, 2.75) is 23.1 Å². The normalized spacial score (nSPS) is 12.0. The molecule has 12 heteroatoms. The molecular weight excluding hydrogens is 464 g/mol. The number of amides is 1. The molecule has 4 rings (SSSR count). The van der Waals surface area contributed by atoms with Gasteiger partial charge in [0, 0.05) is 10.9 Å². The van der Waals surface area contributed by atoms with E-state index in [0.717, 1.165) is 17.9 Å². The molecule has 0 aliphatic carbocycles. The minimum atomic E-state index is -0.948. The summed E-state index contributed by atoms with van der Waals surface area (Å²) in [6.45, 7) is 2.24. The highest BCUT2D eigenvalue weighted by Crippen LogP contribution is 2.31. The number of rotatable bonds is 8. The topological polar surface area (TPSA) is 92.9 Å². The van der Waals surface area contributed by atoms with Gasteiger partial charge < -0.3 is 15.1 Å². The Hall–Kier alpha value is -2.83. The van der Waals surface area contributed by atoms with E-state index >= 15 is 0 Å². The number of hydrogen-bond acceptors (Lipinski definition) is 9. The summed E-state index contributed by atoms with van der Waals surface area (Å²) in [5, 5.41) is 16.2. The Morgan fingerprint density at radius 2 is 2.10 bits per heavy atom. The molecule has 31 heavy (non-hydrogen) atoms. The van der Waals surface area contributed by atoms with Crippen molar-refractivity contribution < 1.29 is 18.0 Å². The van der Waals surface area contributed by atoms with Crippen molar-refractivity contribution in [3.8, 4) is 11.3 Å². The monoisotopic (exact) mass is 479 g/mol. The number of carbonyl (C=O) groups is 1. The number of nitrogens with one attached hydrogen (secondary N) is 2. The van der Waals surface area contributed by atoms with Crippen LogP contribution in [0.2, 0.25) is 0 Å². The van der Waals surface area contributed by atoms with Crippen LogP contribution in [0.15, 0.2) is 50.7 Å². The number of halogens is 2. The van der Waals surface area contributed by atoms with E-state index in [1.54, 1.807) is 18.6 Å². The van der Waals surface area contributed by atoms with E-state index in [9.17, 15) is 13.6 Å². The molecule has 7 nitrogen and oxygen atoms in total. The summed E-state index contributed by atoms with van der Waals surface area (Å²) < 4.78 is 32.4. The Labute approximate surface area is 187 Å². The van der Waals surface area contributed by atoms with E-state index in [1.807, 2.05) is 12.1 Å². The molecule has 1 atom stereocenters. The van der Waals surface area contributed by atoms with E-state index in [4.69, 9.17) is 4.42 Å². The zero-order valence-corrected chi connectivity index (χ0v) is 18.4. The first-order valence-electron chi connectivity index (χ1n) is 8.96. The maximum absolute atomic E-state index is 13.4. The molecule has 0 fully saturated rings. The van der Waals surface area contributed by atoms with Gasteiger partial charge in [-0.05, 0) is 37.3 Å². The van der Waals surface area contributed by atoms with E-state index < -0.39 is 16.9 Å². The molecule has 1 amide bonds. The molecule has 0 unspecified atom stereocenters. The Morgan fingerprint density at radius 3 is 2.87 bits per heavy atom. The molecule has 4 aromatic rings. The molecule has 0 aliphatic heterocycles. The molecular formula is C19H15F2N5O2S3. The van der Waals surface area contributed by atoms with Gasteiger partial charge in [-0.3, -0.25) is 4.79 Å². The summed E-state index contributed by atoms with van der Waals surface area (Å²) in [4.78, 5) is 16.8. The fraction of sp³-hybridized carbons (Fsp3) is 0.158. The number of furan rings is 1. The van der Waals surface area contributed by atoms with Crippen molar-refractivity contribution in [2.24, 2.45) is 0 Å². The summed E-state index contributed by atoms with van der Waals surface area (Å²) in [7, 11) is 0. The first-order valence-corrected chi connectivity index (χ1v) is 11.5. The predicted molar refractivity (Wildman–Crippen MR) is 117 cm³/mol. The van der Waals surface area contributed by atoms with Crippen LogP contribution >= 0.6 is 34.4 Å². The largest absolute Gasteiger partial charge is 0.467 e. The van der Waals surface area contributed by atoms with Gasteiger partial charge in [-0.15, -0.1) is 21.5 Å². The quantitative estimate of drug-likeness (QED) is 0.333. The summed E-state index contributed by atoms with van der Waals surface area (Å²) in [6.07, 6.45) is 1.60. The van der Waals surface area contributed by atoms with Gasteiger partial charge in [-0.2, -0.15) is 0 Å². The summed E-state index contributed by atoms with van der Waals surface area (Å²) in [6, 6.07) is 7.21. The van der Waals surface area contributed by atoms with Crippen molar-refractivity contribution >= 4 is 50.6 Å². The van der Waals surface area contributed by atoms with Gasteiger partial charge >= 0.3 is 0 Å². The number of anilines is 2. The average molecular weight is 480 g/mol. The summed E-state index contributed by atoms with van der Waals surface area (Å²) >= 11 is 3.82. The van der Waals surface area contributed by atoms with Crippen LogP contribution < -0.4 is 10.6 Å². The van der Waals surface area contributed by atoms with Gasteiger partial charge in [0.05, 0.1) is 23.8 Å². The van der Waals surface area contributed by atoms with Crippen LogP contribution in [0.4, 0.5) is 19.0 Å². The van der Waals surface area contributed by atoms with Crippen LogP contribution in [-0.2, 0) is 11.3 Å². The van der Waals surface area contributed by atoms with Crippen molar-refractivity contribution in [3.05, 3.63) is 59.4 Å². The number of thioether (sulfide) groups is 1. The highest BCUT2D eigenvalue weighted by Gasteiger charge is 2.19. The zero-order valence-electron chi connectivity index (χ0n) is 16.0. The molecule has 3 heterocycles. The standard InChI is InChI=1S/C19H15F2N5O2S3/c1-10(30-19-26-25-17(31-19)22-8-12-3-2-6-28-12)16(27)24-18-23-15(9-29-18)11-4-5-13(20)14(21)7-11/h2-7,9-10H,8H2,1H3,(H,22,25)(H,23,24,27)/t10-/m0/s1. The highest BCUT2D eigenvalue weighted by atomic mass is 32.2. The first-order chi connectivity index (χ1) is 15.0. The van der Waals surface area contributed by atoms with Gasteiger partial charge in [0.2, 0.25) is 11.0 Å². The zero-order chi connectivity index (χ0) is 21.8. The van der Waals surface area contributed by atoms with Crippen LogP contribution in [0.5, 0.6) is 0 Å². The summed E-state index contributed by atoms with van der Waals surface area (Å²) in [5.41, 5.74) is 0.886. The highest BCUT2D eigenvalue weighted by molar-refractivity contribution is 8.02. The second-order valence-corrected chi connectivity index (χ2v) is 9.65. The second kappa shape index (κ2) is 9.54. The van der Waals surface area contributed by atoms with E-state index in [1.165, 1.54) is 40.5 Å². The molecule has 160 valence electrons.